The van der Waals surface area contributed by atoms with Crippen LogP contribution in [0, 0.1) is 17.7 Å². The van der Waals surface area contributed by atoms with Crippen molar-refractivity contribution in [2.24, 2.45) is 5.73 Å². The number of carbonyl (C=O) groups is 1. The molecule has 1 aromatic carbocycles. The molecule has 112 valence electrons. The summed E-state index contributed by atoms with van der Waals surface area (Å²) >= 11 is 0. The van der Waals surface area contributed by atoms with Crippen LogP contribution in [0.25, 0.3) is 0 Å². The molecule has 2 rings (SSSR count). The second-order valence-corrected chi connectivity index (χ2v) is 5.17. The molecule has 1 amide bonds. The van der Waals surface area contributed by atoms with Gasteiger partial charge in [0.1, 0.15) is 5.82 Å². The van der Waals surface area contributed by atoms with Crippen LogP contribution in [-0.4, -0.2) is 29.7 Å². The summed E-state index contributed by atoms with van der Waals surface area (Å²) in [6, 6.07) is 3.96. The summed E-state index contributed by atoms with van der Waals surface area (Å²) in [6.45, 7) is 0.151. The highest BCUT2D eigenvalue weighted by atomic mass is 19.1. The number of benzene rings is 1. The number of nitrogens with two attached hydrogens (primary N) is 1. The van der Waals surface area contributed by atoms with E-state index in [4.69, 9.17) is 5.73 Å². The normalized spacial score (nSPS) is 21.3. The SMILES string of the molecule is NCC#Cc1cc(F)ccc1C(=O)NC1CCC(O)CC1. The van der Waals surface area contributed by atoms with Gasteiger partial charge < -0.3 is 16.2 Å². The van der Waals surface area contributed by atoms with Gasteiger partial charge in [0.05, 0.1) is 18.2 Å². The van der Waals surface area contributed by atoms with Crippen molar-refractivity contribution in [1.82, 2.24) is 5.32 Å². The lowest BCUT2D eigenvalue weighted by Gasteiger charge is -2.26. The maximum atomic E-state index is 13.3. The van der Waals surface area contributed by atoms with Crippen LogP contribution in [0.4, 0.5) is 4.39 Å². The molecule has 5 heteroatoms. The molecule has 0 saturated heterocycles. The monoisotopic (exact) mass is 290 g/mol. The van der Waals surface area contributed by atoms with Gasteiger partial charge in [0.2, 0.25) is 0 Å². The lowest BCUT2D eigenvalue weighted by atomic mass is 9.93. The van der Waals surface area contributed by atoms with Crippen molar-refractivity contribution in [3.8, 4) is 11.8 Å². The summed E-state index contributed by atoms with van der Waals surface area (Å²) in [7, 11) is 0. The first kappa shape index (κ1) is 15.5. The summed E-state index contributed by atoms with van der Waals surface area (Å²) in [5, 5.41) is 12.4. The second kappa shape index (κ2) is 7.21. The Morgan fingerprint density at radius 3 is 2.76 bits per heavy atom. The van der Waals surface area contributed by atoms with E-state index < -0.39 is 5.82 Å². The summed E-state index contributed by atoms with van der Waals surface area (Å²) in [5.74, 6) is 4.66. The lowest BCUT2D eigenvalue weighted by Crippen LogP contribution is -2.38. The first-order valence-corrected chi connectivity index (χ1v) is 7.07. The van der Waals surface area contributed by atoms with Crippen molar-refractivity contribution in [3.05, 3.63) is 35.1 Å². The van der Waals surface area contributed by atoms with E-state index in [1.807, 2.05) is 0 Å². The average molecular weight is 290 g/mol. The fourth-order valence-electron chi connectivity index (χ4n) is 2.45. The molecule has 0 atom stereocenters. The number of aliphatic hydroxyl groups excluding tert-OH is 1. The Balaban J connectivity index is 2.11. The Morgan fingerprint density at radius 1 is 1.38 bits per heavy atom. The van der Waals surface area contributed by atoms with Crippen LogP contribution in [0.2, 0.25) is 0 Å². The number of aliphatic hydroxyl groups is 1. The summed E-state index contributed by atoms with van der Waals surface area (Å²) in [6.07, 6.45) is 2.60. The van der Waals surface area contributed by atoms with E-state index in [0.29, 0.717) is 24.0 Å². The largest absolute Gasteiger partial charge is 0.393 e. The first-order valence-electron chi connectivity index (χ1n) is 7.07. The number of nitrogens with one attached hydrogen (secondary N) is 1. The van der Waals surface area contributed by atoms with Gasteiger partial charge in [-0.15, -0.1) is 0 Å². The minimum atomic E-state index is -0.436. The van der Waals surface area contributed by atoms with E-state index in [2.05, 4.69) is 17.2 Å². The molecule has 1 fully saturated rings. The Kier molecular flexibility index (Phi) is 5.32. The highest BCUT2D eigenvalue weighted by Gasteiger charge is 2.22. The number of halogens is 1. The van der Waals surface area contributed by atoms with Gasteiger partial charge >= 0.3 is 0 Å². The van der Waals surface area contributed by atoms with Crippen LogP contribution in [0.3, 0.4) is 0 Å². The number of rotatable bonds is 2. The molecule has 0 unspecified atom stereocenters. The van der Waals surface area contributed by atoms with Crippen molar-refractivity contribution >= 4 is 5.91 Å². The first-order chi connectivity index (χ1) is 10.1. The number of hydrogen-bond donors (Lipinski definition) is 3. The standard InChI is InChI=1S/C16H19FN2O2/c17-12-3-8-15(11(10-12)2-1-9-18)16(21)19-13-4-6-14(20)7-5-13/h3,8,10,13-14,20H,4-7,9,18H2,(H,19,21). The van der Waals surface area contributed by atoms with Gasteiger partial charge in [-0.05, 0) is 43.9 Å². The van der Waals surface area contributed by atoms with Crippen molar-refractivity contribution < 1.29 is 14.3 Å². The van der Waals surface area contributed by atoms with E-state index in [1.54, 1.807) is 0 Å². The molecule has 0 spiro atoms. The van der Waals surface area contributed by atoms with Crippen LogP contribution >= 0.6 is 0 Å². The predicted octanol–water partition coefficient (Wildman–Crippen LogP) is 1.17. The molecule has 4 N–H and O–H groups in total. The quantitative estimate of drug-likeness (QED) is 0.716. The zero-order chi connectivity index (χ0) is 15.2. The molecule has 21 heavy (non-hydrogen) atoms. The smallest absolute Gasteiger partial charge is 0.252 e. The van der Waals surface area contributed by atoms with Crippen LogP contribution in [0.5, 0.6) is 0 Å². The number of carbonyl (C=O) groups excluding carboxylic acids is 1. The molecule has 1 saturated carbocycles. The molecule has 1 aromatic rings. The van der Waals surface area contributed by atoms with Gasteiger partial charge in [0, 0.05) is 11.6 Å². The van der Waals surface area contributed by atoms with E-state index in [-0.39, 0.29) is 24.6 Å². The predicted molar refractivity (Wildman–Crippen MR) is 78.1 cm³/mol. The molecule has 0 bridgehead atoms. The molecule has 4 nitrogen and oxygen atoms in total. The number of hydrogen-bond acceptors (Lipinski definition) is 3. The van der Waals surface area contributed by atoms with Gasteiger partial charge in [-0.2, -0.15) is 0 Å². The Labute approximate surface area is 123 Å². The maximum Gasteiger partial charge on any atom is 0.252 e. The zero-order valence-corrected chi connectivity index (χ0v) is 11.7. The van der Waals surface area contributed by atoms with Crippen molar-refractivity contribution in [2.45, 2.75) is 37.8 Å². The fourth-order valence-corrected chi connectivity index (χ4v) is 2.45. The molecule has 0 radical (unpaired) electrons. The molecule has 0 aliphatic heterocycles. The third kappa shape index (κ3) is 4.28. The average Bonchev–Trinajstić information content (AvgIpc) is 2.47. The Hall–Kier alpha value is -1.90. The van der Waals surface area contributed by atoms with Crippen molar-refractivity contribution in [2.75, 3.05) is 6.54 Å². The summed E-state index contributed by atoms with van der Waals surface area (Å²) in [4.78, 5) is 12.3. The molecular weight excluding hydrogens is 271 g/mol. The molecule has 1 aliphatic rings. The maximum absolute atomic E-state index is 13.3. The second-order valence-electron chi connectivity index (χ2n) is 5.17. The minimum absolute atomic E-state index is 0.0428. The van der Waals surface area contributed by atoms with Crippen LogP contribution < -0.4 is 11.1 Å². The Morgan fingerprint density at radius 2 is 2.10 bits per heavy atom. The molecule has 0 heterocycles. The third-order valence-corrected chi connectivity index (χ3v) is 3.58. The van der Waals surface area contributed by atoms with Gasteiger partial charge in [0.15, 0.2) is 0 Å². The van der Waals surface area contributed by atoms with Crippen LogP contribution in [-0.2, 0) is 0 Å². The molecular formula is C16H19FN2O2. The minimum Gasteiger partial charge on any atom is -0.393 e. The van der Waals surface area contributed by atoms with E-state index >= 15 is 0 Å². The Bertz CT molecular complexity index is 569. The van der Waals surface area contributed by atoms with Crippen LogP contribution in [0.1, 0.15) is 41.6 Å². The molecule has 0 aromatic heterocycles. The van der Waals surface area contributed by atoms with E-state index in [1.165, 1.54) is 18.2 Å². The van der Waals surface area contributed by atoms with Gasteiger partial charge in [0.25, 0.3) is 5.91 Å². The number of amides is 1. The van der Waals surface area contributed by atoms with Gasteiger partial charge in [-0.3, -0.25) is 4.79 Å². The fraction of sp³-hybridized carbons (Fsp3) is 0.438. The van der Waals surface area contributed by atoms with E-state index in [9.17, 15) is 14.3 Å². The highest BCUT2D eigenvalue weighted by molar-refractivity contribution is 5.96. The highest BCUT2D eigenvalue weighted by Crippen LogP contribution is 2.19. The zero-order valence-electron chi connectivity index (χ0n) is 11.7. The van der Waals surface area contributed by atoms with Crippen molar-refractivity contribution in [1.29, 1.82) is 0 Å². The van der Waals surface area contributed by atoms with Crippen LogP contribution in [0.15, 0.2) is 18.2 Å². The topological polar surface area (TPSA) is 75.4 Å². The summed E-state index contributed by atoms with van der Waals surface area (Å²) < 4.78 is 13.3. The van der Waals surface area contributed by atoms with Gasteiger partial charge in [-0.1, -0.05) is 11.8 Å². The lowest BCUT2D eigenvalue weighted by molar-refractivity contribution is 0.0867. The summed E-state index contributed by atoms with van der Waals surface area (Å²) in [5.41, 5.74) is 6.00. The van der Waals surface area contributed by atoms with Gasteiger partial charge in [-0.25, -0.2) is 4.39 Å². The molecule has 1 aliphatic carbocycles. The van der Waals surface area contributed by atoms with E-state index in [0.717, 1.165) is 12.8 Å². The third-order valence-electron chi connectivity index (χ3n) is 3.58. The van der Waals surface area contributed by atoms with Crippen molar-refractivity contribution in [3.63, 3.8) is 0 Å².